The third kappa shape index (κ3) is 14.5. The van der Waals surface area contributed by atoms with E-state index in [1.807, 2.05) is 0 Å². The average Bonchev–Trinajstić information content (AvgIpc) is 1.57. The molecule has 0 saturated heterocycles. The van der Waals surface area contributed by atoms with Gasteiger partial charge in [0.1, 0.15) is 28.3 Å². The molecule has 10 N–H and O–H groups in total. The van der Waals surface area contributed by atoms with Crippen LogP contribution in [-0.4, -0.2) is 182 Å². The van der Waals surface area contributed by atoms with Crippen molar-refractivity contribution < 1.29 is 129 Å². The summed E-state index contributed by atoms with van der Waals surface area (Å²) in [7, 11) is 1.73. The van der Waals surface area contributed by atoms with Crippen molar-refractivity contribution in [3.63, 3.8) is 0 Å². The zero-order chi connectivity index (χ0) is 77.0. The van der Waals surface area contributed by atoms with E-state index >= 15 is 70.2 Å². The molecule has 4 aromatic carbocycles. The van der Waals surface area contributed by atoms with Gasteiger partial charge in [-0.3, -0.25) is 9.67 Å². The van der Waals surface area contributed by atoms with Crippen molar-refractivity contribution in [2.75, 3.05) is 141 Å². The molecule has 8 bridgehead atoms. The van der Waals surface area contributed by atoms with Gasteiger partial charge in [-0.05, 0) is 42.8 Å². The molecular weight excluding hydrogens is 1460 g/mol. The van der Waals surface area contributed by atoms with Gasteiger partial charge in [-0.2, -0.15) is 5.10 Å². The van der Waals surface area contributed by atoms with Crippen LogP contribution in [0.3, 0.4) is 0 Å². The summed E-state index contributed by atoms with van der Waals surface area (Å²) in [6, 6.07) is 3.07. The molecular formula is C69H60F16N10O12. The van der Waals surface area contributed by atoms with Crippen molar-refractivity contribution in [3.8, 4) is 44.5 Å². The third-order valence-corrected chi connectivity index (χ3v) is 17.3. The number of benzene rings is 4. The molecule has 2 atom stereocenters. The fraction of sp³-hybridized carbons (Fsp3) is 0.319. The van der Waals surface area contributed by atoms with Crippen molar-refractivity contribution in [2.45, 2.75) is 24.8 Å². The first kappa shape index (κ1) is 77.7. The van der Waals surface area contributed by atoms with Gasteiger partial charge in [0.2, 0.25) is 0 Å². The van der Waals surface area contributed by atoms with Gasteiger partial charge in [0.15, 0.2) is 98.8 Å². The number of aliphatic hydroxyl groups excluding tert-OH is 4. The molecule has 22 nitrogen and oxygen atoms in total. The first-order chi connectivity index (χ1) is 51.4. The van der Waals surface area contributed by atoms with Crippen molar-refractivity contribution in [2.24, 2.45) is 0 Å². The van der Waals surface area contributed by atoms with E-state index in [0.717, 1.165) is 55.3 Å². The minimum Gasteiger partial charge on any atom is -0.465 e. The molecule has 11 rings (SSSR count). The number of aromatic nitrogens is 6. The van der Waals surface area contributed by atoms with E-state index in [0.29, 0.717) is 0 Å². The molecule has 0 fully saturated rings. The fourth-order valence-electron chi connectivity index (χ4n) is 12.7. The lowest BCUT2D eigenvalue weighted by molar-refractivity contribution is 0.0551. The molecule has 570 valence electrons. The second-order valence-corrected chi connectivity index (χ2v) is 23.5. The Bertz CT molecular complexity index is 4910. The van der Waals surface area contributed by atoms with Crippen LogP contribution in [0.4, 0.5) is 93.0 Å². The second kappa shape index (κ2) is 33.2. The molecule has 3 aliphatic rings. The maximum absolute atomic E-state index is 17.9. The van der Waals surface area contributed by atoms with Crippen LogP contribution in [0.5, 0.6) is 0 Å². The van der Waals surface area contributed by atoms with Gasteiger partial charge < -0.3 is 80.1 Å². The number of H-pyrrole nitrogens is 2. The van der Waals surface area contributed by atoms with Gasteiger partial charge in [0.05, 0.1) is 151 Å². The number of carbonyl (C=O) groups excluding carboxylic acids is 2. The van der Waals surface area contributed by atoms with E-state index in [-0.39, 0.29) is 32.1 Å². The molecule has 0 radical (unpaired) electrons. The predicted octanol–water partition coefficient (Wildman–Crippen LogP) is 11.0. The number of aliphatic hydroxyl groups is 4. The number of anilines is 4. The quantitative estimate of drug-likeness (QED) is 0.00866. The highest BCUT2D eigenvalue weighted by atomic mass is 19.2. The molecule has 4 aromatic heterocycles. The number of hydrogen-bond donors (Lipinski definition) is 10. The molecule has 38 heteroatoms. The maximum atomic E-state index is 17.9. The number of esters is 2. The first-order valence-electron chi connectivity index (χ1n) is 32.3. The van der Waals surface area contributed by atoms with Crippen LogP contribution >= 0.6 is 0 Å². The van der Waals surface area contributed by atoms with Gasteiger partial charge in [-0.1, -0.05) is 0 Å². The number of fused-ring (bicyclic) bond motifs is 12. The minimum atomic E-state index is -2.31. The smallest absolute Gasteiger partial charge is 0.359 e. The van der Waals surface area contributed by atoms with Crippen LogP contribution in [0.2, 0.25) is 0 Å². The summed E-state index contributed by atoms with van der Waals surface area (Å²) in [5.74, 6) is -42.2. The number of nitrogens with one attached hydrogen (secondary N) is 6. The molecule has 107 heavy (non-hydrogen) atoms. The molecule has 7 heterocycles. The Hall–Kier alpha value is -10.4. The lowest BCUT2D eigenvalue weighted by Crippen LogP contribution is -2.26. The number of hydrogen-bond acceptors (Lipinski definition) is 19. The molecule has 0 spiro atoms. The van der Waals surface area contributed by atoms with E-state index in [1.54, 1.807) is 0 Å². The van der Waals surface area contributed by atoms with E-state index < -0.39 is 332 Å². The van der Waals surface area contributed by atoms with Crippen molar-refractivity contribution in [1.82, 2.24) is 29.7 Å². The SMILES string of the molecule is COC(=O)c1nn2c(c1C(=O)OC)CC1c3nc(c(-c4c(F)c(F)c(NCCOCCO)c(F)c4F)c4ccc([nH]4)c(-c4c(F)c(F)c(NCCOCCO)c(F)c4F)c4nc(c(-c5c(F)c(F)c(NCCOCCO)c(F)c5F)c5ccc([nH]5)c3-c3c(F)c(F)c(NCCOCCO)c(F)c3F)C=C4)C1C2. The minimum absolute atomic E-state index is 0.291. The Morgan fingerprint density at radius 2 is 0.710 bits per heavy atom. The summed E-state index contributed by atoms with van der Waals surface area (Å²) in [5, 5.41) is 49.5. The Morgan fingerprint density at radius 3 is 1.02 bits per heavy atom. The van der Waals surface area contributed by atoms with Crippen LogP contribution in [0.1, 0.15) is 61.2 Å². The summed E-state index contributed by atoms with van der Waals surface area (Å²) in [6.45, 7) is -8.26. The van der Waals surface area contributed by atoms with Crippen LogP contribution < -0.4 is 21.3 Å². The van der Waals surface area contributed by atoms with Crippen LogP contribution in [0.25, 0.3) is 78.7 Å². The summed E-state index contributed by atoms with van der Waals surface area (Å²) in [4.78, 5) is 41.7. The predicted molar refractivity (Wildman–Crippen MR) is 351 cm³/mol. The molecule has 0 amide bonds. The number of aromatic amines is 2. The Kier molecular flexibility index (Phi) is 24.1. The number of ether oxygens (including phenoxy) is 6. The highest BCUT2D eigenvalue weighted by Crippen LogP contribution is 2.54. The van der Waals surface area contributed by atoms with Crippen LogP contribution in [0, 0.1) is 93.1 Å². The van der Waals surface area contributed by atoms with Gasteiger partial charge in [0, 0.05) is 82.3 Å². The standard InChI is InChI=1S/C69H60F16N10O12/c1-102-68(100)40-35-25-27-28(26-95(35)94-63(40)69(101)103-2)62-39(44-51(76)59(84)67(60(85)52(44)77)89-12-20-107-24-16-99)34-8-6-32(92-34)37(42-47(72)55(80)65(56(81)48(42)73)87-10-18-105-22-14-97)30-4-3-29(90-30)36(41-45(70)53(78)64(54(79)46(41)71)86-9-17-104-21-13-96)31-5-7-33(91-31)38(61(27)93-62)43-49(74)57(82)66(58(83)50(43)75)88-11-19-106-23-15-98/h3-8,27-28,86-89,91-92,96-99H,9-26H2,1-2H3. The van der Waals surface area contributed by atoms with Crippen molar-refractivity contribution in [1.29, 1.82) is 0 Å². The van der Waals surface area contributed by atoms with Crippen LogP contribution in [-0.2, 0) is 41.4 Å². The summed E-state index contributed by atoms with van der Waals surface area (Å²) in [5.41, 5.74) is -26.7. The monoisotopic (exact) mass is 1520 g/mol. The van der Waals surface area contributed by atoms with Crippen molar-refractivity contribution in [3.05, 3.63) is 157 Å². The molecule has 8 aromatic rings. The first-order valence-corrected chi connectivity index (χ1v) is 32.3. The van der Waals surface area contributed by atoms with Gasteiger partial charge in [-0.15, -0.1) is 0 Å². The fourth-order valence-corrected chi connectivity index (χ4v) is 12.7. The average molecular weight is 1530 g/mol. The van der Waals surface area contributed by atoms with E-state index in [1.165, 1.54) is 0 Å². The van der Waals surface area contributed by atoms with Gasteiger partial charge >= 0.3 is 11.9 Å². The lowest BCUT2D eigenvalue weighted by Gasteiger charge is -2.29. The normalized spacial score (nSPS) is 13.9. The highest BCUT2D eigenvalue weighted by Gasteiger charge is 2.47. The third-order valence-electron chi connectivity index (χ3n) is 17.3. The zero-order valence-corrected chi connectivity index (χ0v) is 55.7. The Morgan fingerprint density at radius 1 is 0.411 bits per heavy atom. The Balaban J connectivity index is 1.37. The molecule has 2 unspecified atom stereocenters. The van der Waals surface area contributed by atoms with Crippen LogP contribution in [0.15, 0.2) is 24.3 Å². The number of rotatable bonds is 30. The van der Waals surface area contributed by atoms with E-state index in [4.69, 9.17) is 43.6 Å². The number of halogens is 16. The lowest BCUT2D eigenvalue weighted by atomic mass is 9.79. The number of nitrogens with zero attached hydrogens (tertiary/aromatic N) is 4. The summed E-state index contributed by atoms with van der Waals surface area (Å²) in [6.07, 6.45) is 0.608. The number of methoxy groups -OCH3 is 2. The van der Waals surface area contributed by atoms with Crippen molar-refractivity contribution >= 4 is 68.9 Å². The van der Waals surface area contributed by atoms with Gasteiger partial charge in [-0.25, -0.2) is 84.8 Å². The topological polar surface area (TPSA) is 294 Å². The highest BCUT2D eigenvalue weighted by molar-refractivity contribution is 6.03. The summed E-state index contributed by atoms with van der Waals surface area (Å²) >= 11 is 0. The zero-order valence-electron chi connectivity index (χ0n) is 55.7. The second-order valence-electron chi connectivity index (χ2n) is 23.5. The largest absolute Gasteiger partial charge is 0.465 e. The number of carbonyl (C=O) groups is 2. The molecule has 0 saturated carbocycles. The maximum Gasteiger partial charge on any atom is 0.359 e. The molecule has 0 aliphatic carbocycles. The molecule has 3 aliphatic heterocycles. The summed E-state index contributed by atoms with van der Waals surface area (Å²) < 4.78 is 308. The van der Waals surface area contributed by atoms with Gasteiger partial charge in [0.25, 0.3) is 0 Å². The van der Waals surface area contributed by atoms with E-state index in [9.17, 15) is 19.8 Å². The Labute approximate surface area is 592 Å². The van der Waals surface area contributed by atoms with E-state index in [2.05, 4.69) is 41.3 Å².